The molecule has 1 aromatic carbocycles. The van der Waals surface area contributed by atoms with Crippen LogP contribution in [-0.2, 0) is 0 Å². The van der Waals surface area contributed by atoms with E-state index in [4.69, 9.17) is 0 Å². The summed E-state index contributed by atoms with van der Waals surface area (Å²) >= 11 is 0. The number of aliphatic hydroxyl groups excluding tert-OH is 1. The van der Waals surface area contributed by atoms with Crippen molar-refractivity contribution in [1.29, 1.82) is 0 Å². The predicted molar refractivity (Wildman–Crippen MR) is 70.8 cm³/mol. The third kappa shape index (κ3) is 3.08. The molecule has 17 heavy (non-hydrogen) atoms. The maximum Gasteiger partial charge on any atom is 0.0586 e. The van der Waals surface area contributed by atoms with Gasteiger partial charge in [0.25, 0.3) is 0 Å². The van der Waals surface area contributed by atoms with E-state index >= 15 is 0 Å². The highest BCUT2D eigenvalue weighted by Crippen LogP contribution is 2.33. The number of piperidine rings is 1. The maximum atomic E-state index is 10.3. The summed E-state index contributed by atoms with van der Waals surface area (Å²) in [5.41, 5.74) is 1.31. The van der Waals surface area contributed by atoms with E-state index in [1.165, 1.54) is 12.0 Å². The standard InChI is InChI=1S/C15H23NO/c1-2-7-14(17)13-10-6-11-16-15(13)12-8-4-3-5-9-12/h3-5,8-9,13-17H,2,6-7,10-11H2,1H3/t13-,14+,15-/m1/s1. The molecule has 0 aromatic heterocycles. The molecule has 0 amide bonds. The van der Waals surface area contributed by atoms with Gasteiger partial charge in [-0.3, -0.25) is 0 Å². The Bertz CT molecular complexity index is 325. The number of aliphatic hydroxyl groups is 1. The molecule has 2 heteroatoms. The van der Waals surface area contributed by atoms with Gasteiger partial charge in [-0.25, -0.2) is 0 Å². The lowest BCUT2D eigenvalue weighted by Crippen LogP contribution is -2.40. The summed E-state index contributed by atoms with van der Waals surface area (Å²) in [4.78, 5) is 0. The van der Waals surface area contributed by atoms with Gasteiger partial charge in [0.1, 0.15) is 0 Å². The van der Waals surface area contributed by atoms with Crippen LogP contribution in [-0.4, -0.2) is 17.8 Å². The van der Waals surface area contributed by atoms with E-state index in [0.29, 0.717) is 12.0 Å². The average Bonchev–Trinajstić information content (AvgIpc) is 2.40. The molecule has 0 bridgehead atoms. The quantitative estimate of drug-likeness (QED) is 0.838. The van der Waals surface area contributed by atoms with Gasteiger partial charge in [-0.05, 0) is 31.4 Å². The second kappa shape index (κ2) is 6.18. The fourth-order valence-corrected chi connectivity index (χ4v) is 2.86. The molecule has 2 N–H and O–H groups in total. The minimum absolute atomic E-state index is 0.169. The van der Waals surface area contributed by atoms with E-state index in [9.17, 15) is 5.11 Å². The van der Waals surface area contributed by atoms with Gasteiger partial charge in [0.2, 0.25) is 0 Å². The second-order valence-corrected chi connectivity index (χ2v) is 5.00. The van der Waals surface area contributed by atoms with Gasteiger partial charge in [0, 0.05) is 12.0 Å². The van der Waals surface area contributed by atoms with Crippen molar-refractivity contribution in [3.05, 3.63) is 35.9 Å². The molecule has 0 aliphatic carbocycles. The van der Waals surface area contributed by atoms with Crippen molar-refractivity contribution in [1.82, 2.24) is 5.32 Å². The Morgan fingerprint density at radius 1 is 1.35 bits per heavy atom. The Morgan fingerprint density at radius 2 is 2.12 bits per heavy atom. The van der Waals surface area contributed by atoms with E-state index in [-0.39, 0.29) is 6.10 Å². The molecule has 1 heterocycles. The van der Waals surface area contributed by atoms with Gasteiger partial charge in [0.05, 0.1) is 6.10 Å². The normalized spacial score (nSPS) is 26.7. The highest BCUT2D eigenvalue weighted by molar-refractivity contribution is 5.20. The molecule has 1 aromatic rings. The second-order valence-electron chi connectivity index (χ2n) is 5.00. The molecule has 0 spiro atoms. The van der Waals surface area contributed by atoms with E-state index in [0.717, 1.165) is 25.8 Å². The zero-order chi connectivity index (χ0) is 12.1. The lowest BCUT2D eigenvalue weighted by Gasteiger charge is -2.36. The van der Waals surface area contributed by atoms with Crippen LogP contribution in [0.4, 0.5) is 0 Å². The number of hydrogen-bond acceptors (Lipinski definition) is 2. The molecule has 1 aliphatic heterocycles. The topological polar surface area (TPSA) is 32.3 Å². The Morgan fingerprint density at radius 3 is 2.82 bits per heavy atom. The highest BCUT2D eigenvalue weighted by Gasteiger charge is 2.30. The van der Waals surface area contributed by atoms with Crippen LogP contribution in [0.1, 0.15) is 44.2 Å². The van der Waals surface area contributed by atoms with Crippen molar-refractivity contribution in [3.63, 3.8) is 0 Å². The van der Waals surface area contributed by atoms with Crippen molar-refractivity contribution in [2.45, 2.75) is 44.8 Å². The first-order valence-corrected chi connectivity index (χ1v) is 6.79. The zero-order valence-electron chi connectivity index (χ0n) is 10.6. The number of hydrogen-bond donors (Lipinski definition) is 2. The molecule has 1 fully saturated rings. The largest absolute Gasteiger partial charge is 0.393 e. The number of nitrogens with one attached hydrogen (secondary N) is 1. The summed E-state index contributed by atoms with van der Waals surface area (Å²) in [6.45, 7) is 3.20. The molecule has 0 radical (unpaired) electrons. The third-order valence-electron chi connectivity index (χ3n) is 3.74. The summed E-state index contributed by atoms with van der Waals surface area (Å²) in [7, 11) is 0. The zero-order valence-corrected chi connectivity index (χ0v) is 10.6. The number of rotatable bonds is 4. The molecule has 3 atom stereocenters. The van der Waals surface area contributed by atoms with Crippen molar-refractivity contribution in [3.8, 4) is 0 Å². The monoisotopic (exact) mass is 233 g/mol. The molecule has 1 aliphatic rings. The molecular weight excluding hydrogens is 210 g/mol. The van der Waals surface area contributed by atoms with Gasteiger partial charge in [-0.2, -0.15) is 0 Å². The SMILES string of the molecule is CCC[C@H](O)[C@H]1CCCN[C@@H]1c1ccccc1. The van der Waals surface area contributed by atoms with Crippen LogP contribution in [0.3, 0.4) is 0 Å². The lowest BCUT2D eigenvalue weighted by atomic mass is 9.81. The molecular formula is C15H23NO. The van der Waals surface area contributed by atoms with Crippen molar-refractivity contribution in [2.24, 2.45) is 5.92 Å². The summed E-state index contributed by atoms with van der Waals surface area (Å²) in [5, 5.41) is 13.8. The summed E-state index contributed by atoms with van der Waals surface area (Å²) in [6, 6.07) is 10.9. The van der Waals surface area contributed by atoms with Crippen molar-refractivity contribution in [2.75, 3.05) is 6.54 Å². The fourth-order valence-electron chi connectivity index (χ4n) is 2.86. The van der Waals surface area contributed by atoms with Crippen LogP contribution in [0, 0.1) is 5.92 Å². The van der Waals surface area contributed by atoms with E-state index in [1.54, 1.807) is 0 Å². The Balaban J connectivity index is 2.12. The lowest BCUT2D eigenvalue weighted by molar-refractivity contribution is 0.0578. The van der Waals surface area contributed by atoms with Gasteiger partial charge in [-0.1, -0.05) is 43.7 Å². The molecule has 0 unspecified atom stereocenters. The van der Waals surface area contributed by atoms with Crippen molar-refractivity contribution >= 4 is 0 Å². The average molecular weight is 233 g/mol. The van der Waals surface area contributed by atoms with Crippen LogP contribution in [0.25, 0.3) is 0 Å². The molecule has 2 nitrogen and oxygen atoms in total. The van der Waals surface area contributed by atoms with Gasteiger partial charge in [0.15, 0.2) is 0 Å². The predicted octanol–water partition coefficient (Wildman–Crippen LogP) is 2.89. The first-order chi connectivity index (χ1) is 8.33. The number of benzene rings is 1. The van der Waals surface area contributed by atoms with Crippen LogP contribution in [0.15, 0.2) is 30.3 Å². The first kappa shape index (κ1) is 12.6. The summed E-state index contributed by atoms with van der Waals surface area (Å²) in [5.74, 6) is 0.367. The highest BCUT2D eigenvalue weighted by atomic mass is 16.3. The Labute approximate surface area is 104 Å². The molecule has 94 valence electrons. The van der Waals surface area contributed by atoms with Gasteiger partial charge >= 0.3 is 0 Å². The minimum Gasteiger partial charge on any atom is -0.393 e. The van der Waals surface area contributed by atoms with E-state index < -0.39 is 0 Å². The smallest absolute Gasteiger partial charge is 0.0586 e. The van der Waals surface area contributed by atoms with E-state index in [2.05, 4.69) is 36.5 Å². The van der Waals surface area contributed by atoms with Crippen LogP contribution >= 0.6 is 0 Å². The van der Waals surface area contributed by atoms with Crippen LogP contribution in [0.2, 0.25) is 0 Å². The molecule has 0 saturated carbocycles. The minimum atomic E-state index is -0.169. The maximum absolute atomic E-state index is 10.3. The van der Waals surface area contributed by atoms with Gasteiger partial charge in [-0.15, -0.1) is 0 Å². The Kier molecular flexibility index (Phi) is 4.57. The van der Waals surface area contributed by atoms with E-state index in [1.807, 2.05) is 6.07 Å². The first-order valence-electron chi connectivity index (χ1n) is 6.79. The Hall–Kier alpha value is -0.860. The van der Waals surface area contributed by atoms with Crippen LogP contribution in [0.5, 0.6) is 0 Å². The third-order valence-corrected chi connectivity index (χ3v) is 3.74. The summed E-state index contributed by atoms with van der Waals surface area (Å²) < 4.78 is 0. The van der Waals surface area contributed by atoms with Crippen LogP contribution < -0.4 is 5.32 Å². The molecule has 2 rings (SSSR count). The fraction of sp³-hybridized carbons (Fsp3) is 0.600. The van der Waals surface area contributed by atoms with Crippen molar-refractivity contribution < 1.29 is 5.11 Å². The molecule has 1 saturated heterocycles. The summed E-state index contributed by atoms with van der Waals surface area (Å²) in [6.07, 6.45) is 4.11. The van der Waals surface area contributed by atoms with Gasteiger partial charge < -0.3 is 10.4 Å².